The Hall–Kier alpha value is -2.04. The molecule has 5 heteroatoms. The third-order valence-electron chi connectivity index (χ3n) is 2.60. The first-order valence-corrected chi connectivity index (χ1v) is 5.40. The predicted molar refractivity (Wildman–Crippen MR) is 64.2 cm³/mol. The SMILES string of the molecule is CCn1cnnc1-c1ccc(OC)c(OC)c1. The summed E-state index contributed by atoms with van der Waals surface area (Å²) < 4.78 is 12.4. The zero-order valence-corrected chi connectivity index (χ0v) is 10.2. The highest BCUT2D eigenvalue weighted by Gasteiger charge is 2.10. The summed E-state index contributed by atoms with van der Waals surface area (Å²) in [5.41, 5.74) is 0.960. The van der Waals surface area contributed by atoms with E-state index < -0.39 is 0 Å². The second kappa shape index (κ2) is 4.86. The monoisotopic (exact) mass is 233 g/mol. The van der Waals surface area contributed by atoms with Gasteiger partial charge in [-0.25, -0.2) is 0 Å². The molecule has 0 N–H and O–H groups in total. The van der Waals surface area contributed by atoms with Gasteiger partial charge in [0.15, 0.2) is 17.3 Å². The Morgan fingerprint density at radius 1 is 1.18 bits per heavy atom. The molecular weight excluding hydrogens is 218 g/mol. The first-order chi connectivity index (χ1) is 8.30. The van der Waals surface area contributed by atoms with Crippen molar-refractivity contribution >= 4 is 0 Å². The van der Waals surface area contributed by atoms with Gasteiger partial charge < -0.3 is 14.0 Å². The van der Waals surface area contributed by atoms with E-state index >= 15 is 0 Å². The number of rotatable bonds is 4. The molecule has 0 aliphatic heterocycles. The molecule has 0 bridgehead atoms. The molecule has 0 radical (unpaired) electrons. The molecule has 0 unspecified atom stereocenters. The molecule has 0 saturated heterocycles. The van der Waals surface area contributed by atoms with Crippen LogP contribution in [-0.4, -0.2) is 29.0 Å². The van der Waals surface area contributed by atoms with Gasteiger partial charge in [-0.1, -0.05) is 0 Å². The van der Waals surface area contributed by atoms with Crippen molar-refractivity contribution in [2.45, 2.75) is 13.5 Å². The number of ether oxygens (including phenoxy) is 2. The summed E-state index contributed by atoms with van der Waals surface area (Å²) >= 11 is 0. The first-order valence-electron chi connectivity index (χ1n) is 5.40. The number of methoxy groups -OCH3 is 2. The topological polar surface area (TPSA) is 49.2 Å². The van der Waals surface area contributed by atoms with Gasteiger partial charge in [0.1, 0.15) is 6.33 Å². The molecule has 2 aromatic rings. The molecule has 0 fully saturated rings. The Morgan fingerprint density at radius 2 is 1.94 bits per heavy atom. The number of hydrogen-bond acceptors (Lipinski definition) is 4. The molecule has 1 heterocycles. The Bertz CT molecular complexity index is 508. The van der Waals surface area contributed by atoms with Crippen LogP contribution in [0.1, 0.15) is 6.92 Å². The maximum absolute atomic E-state index is 5.27. The molecule has 1 aromatic heterocycles. The van der Waals surface area contributed by atoms with Crippen LogP contribution in [-0.2, 0) is 6.54 Å². The van der Waals surface area contributed by atoms with Crippen molar-refractivity contribution in [3.63, 3.8) is 0 Å². The van der Waals surface area contributed by atoms with Crippen LogP contribution in [0.5, 0.6) is 11.5 Å². The summed E-state index contributed by atoms with van der Waals surface area (Å²) in [5, 5.41) is 8.01. The van der Waals surface area contributed by atoms with Crippen LogP contribution in [0.3, 0.4) is 0 Å². The largest absolute Gasteiger partial charge is 0.493 e. The van der Waals surface area contributed by atoms with Crippen LogP contribution in [0.25, 0.3) is 11.4 Å². The van der Waals surface area contributed by atoms with Gasteiger partial charge in [-0.05, 0) is 25.1 Å². The van der Waals surface area contributed by atoms with Gasteiger partial charge in [-0.3, -0.25) is 0 Å². The Balaban J connectivity index is 2.46. The zero-order chi connectivity index (χ0) is 12.3. The summed E-state index contributed by atoms with van der Waals surface area (Å²) in [5.74, 6) is 2.22. The van der Waals surface area contributed by atoms with E-state index in [1.807, 2.05) is 29.7 Å². The molecule has 2 rings (SSSR count). The summed E-state index contributed by atoms with van der Waals surface area (Å²) in [6.07, 6.45) is 1.71. The van der Waals surface area contributed by atoms with Gasteiger partial charge in [0.05, 0.1) is 14.2 Å². The van der Waals surface area contributed by atoms with E-state index in [-0.39, 0.29) is 0 Å². The molecule has 1 aromatic carbocycles. The standard InChI is InChI=1S/C12H15N3O2/c1-4-15-8-13-14-12(15)9-5-6-10(16-2)11(7-9)17-3/h5-8H,4H2,1-3H3. The Morgan fingerprint density at radius 3 is 2.59 bits per heavy atom. The minimum atomic E-state index is 0.690. The van der Waals surface area contributed by atoms with Crippen LogP contribution in [0.2, 0.25) is 0 Å². The second-order valence-electron chi connectivity index (χ2n) is 3.51. The second-order valence-corrected chi connectivity index (χ2v) is 3.51. The number of nitrogens with zero attached hydrogens (tertiary/aromatic N) is 3. The van der Waals surface area contributed by atoms with Crippen molar-refractivity contribution in [1.29, 1.82) is 0 Å². The quantitative estimate of drug-likeness (QED) is 0.810. The highest BCUT2D eigenvalue weighted by molar-refractivity contribution is 5.61. The Labute approximate surface area is 100 Å². The van der Waals surface area contributed by atoms with Crippen LogP contribution >= 0.6 is 0 Å². The number of benzene rings is 1. The fourth-order valence-corrected chi connectivity index (χ4v) is 1.69. The van der Waals surface area contributed by atoms with E-state index in [9.17, 15) is 0 Å². The zero-order valence-electron chi connectivity index (χ0n) is 10.2. The highest BCUT2D eigenvalue weighted by Crippen LogP contribution is 2.31. The minimum absolute atomic E-state index is 0.690. The average molecular weight is 233 g/mol. The van der Waals surface area contributed by atoms with Gasteiger partial charge in [0.25, 0.3) is 0 Å². The van der Waals surface area contributed by atoms with Gasteiger partial charge >= 0.3 is 0 Å². The smallest absolute Gasteiger partial charge is 0.163 e. The fourth-order valence-electron chi connectivity index (χ4n) is 1.69. The van der Waals surface area contributed by atoms with Crippen molar-refractivity contribution in [1.82, 2.24) is 14.8 Å². The number of aromatic nitrogens is 3. The van der Waals surface area contributed by atoms with Gasteiger partial charge in [0.2, 0.25) is 0 Å². The third kappa shape index (κ3) is 2.08. The van der Waals surface area contributed by atoms with Gasteiger partial charge in [-0.15, -0.1) is 10.2 Å². The average Bonchev–Trinajstić information content (AvgIpc) is 2.86. The van der Waals surface area contributed by atoms with Crippen LogP contribution in [0.15, 0.2) is 24.5 Å². The third-order valence-corrected chi connectivity index (χ3v) is 2.60. The van der Waals surface area contributed by atoms with E-state index in [1.54, 1.807) is 20.5 Å². The van der Waals surface area contributed by atoms with Crippen LogP contribution < -0.4 is 9.47 Å². The van der Waals surface area contributed by atoms with E-state index in [2.05, 4.69) is 10.2 Å². The lowest BCUT2D eigenvalue weighted by Gasteiger charge is -2.09. The van der Waals surface area contributed by atoms with E-state index in [0.717, 1.165) is 17.9 Å². The van der Waals surface area contributed by atoms with Crippen molar-refractivity contribution in [2.24, 2.45) is 0 Å². The minimum Gasteiger partial charge on any atom is -0.493 e. The first kappa shape index (κ1) is 11.4. The van der Waals surface area contributed by atoms with Gasteiger partial charge in [-0.2, -0.15) is 0 Å². The lowest BCUT2D eigenvalue weighted by atomic mass is 10.2. The molecule has 0 aliphatic rings. The molecule has 5 nitrogen and oxygen atoms in total. The maximum Gasteiger partial charge on any atom is 0.163 e. The predicted octanol–water partition coefficient (Wildman–Crippen LogP) is 1.98. The lowest BCUT2D eigenvalue weighted by Crippen LogP contribution is -1.97. The number of aryl methyl sites for hydroxylation is 1. The fraction of sp³-hybridized carbons (Fsp3) is 0.333. The number of hydrogen-bond donors (Lipinski definition) is 0. The summed E-state index contributed by atoms with van der Waals surface area (Å²) in [6, 6.07) is 5.70. The lowest BCUT2D eigenvalue weighted by molar-refractivity contribution is 0.355. The van der Waals surface area contributed by atoms with Crippen LogP contribution in [0, 0.1) is 0 Å². The molecule has 0 spiro atoms. The molecular formula is C12H15N3O2. The van der Waals surface area contributed by atoms with Gasteiger partial charge in [0, 0.05) is 12.1 Å². The molecule has 0 saturated carbocycles. The van der Waals surface area contributed by atoms with E-state index in [0.29, 0.717) is 11.5 Å². The normalized spacial score (nSPS) is 10.3. The summed E-state index contributed by atoms with van der Waals surface area (Å²) in [6.45, 7) is 2.88. The Kier molecular flexibility index (Phi) is 3.27. The van der Waals surface area contributed by atoms with Crippen molar-refractivity contribution in [2.75, 3.05) is 14.2 Å². The van der Waals surface area contributed by atoms with Crippen LogP contribution in [0.4, 0.5) is 0 Å². The summed E-state index contributed by atoms with van der Waals surface area (Å²) in [7, 11) is 3.23. The molecule has 17 heavy (non-hydrogen) atoms. The molecule has 0 amide bonds. The van der Waals surface area contributed by atoms with E-state index in [1.165, 1.54) is 0 Å². The molecule has 0 atom stereocenters. The van der Waals surface area contributed by atoms with Crippen molar-refractivity contribution in [3.8, 4) is 22.9 Å². The maximum atomic E-state index is 5.27. The van der Waals surface area contributed by atoms with Crippen molar-refractivity contribution in [3.05, 3.63) is 24.5 Å². The van der Waals surface area contributed by atoms with Crippen molar-refractivity contribution < 1.29 is 9.47 Å². The molecule has 90 valence electrons. The van der Waals surface area contributed by atoms with E-state index in [4.69, 9.17) is 9.47 Å². The molecule has 0 aliphatic carbocycles. The highest BCUT2D eigenvalue weighted by atomic mass is 16.5. The summed E-state index contributed by atoms with van der Waals surface area (Å²) in [4.78, 5) is 0.